The molecule has 0 aliphatic carbocycles. The van der Waals surface area contributed by atoms with E-state index < -0.39 is 24.0 Å². The van der Waals surface area contributed by atoms with E-state index in [9.17, 15) is 23.1 Å². The number of hydrogen-bond donors (Lipinski definition) is 1. The number of fused-ring (bicyclic) bond motifs is 1. The monoisotopic (exact) mass is 389 g/mol. The van der Waals surface area contributed by atoms with Crippen molar-refractivity contribution in [3.63, 3.8) is 0 Å². The van der Waals surface area contributed by atoms with Crippen molar-refractivity contribution in [2.75, 3.05) is 13.1 Å². The fourth-order valence-corrected chi connectivity index (χ4v) is 3.83. The van der Waals surface area contributed by atoms with Gasteiger partial charge in [0.25, 0.3) is 0 Å². The first kappa shape index (κ1) is 18.5. The van der Waals surface area contributed by atoms with E-state index in [4.69, 9.17) is 0 Å². The Labute approximate surface area is 159 Å². The smallest absolute Gasteiger partial charge is 0.393 e. The van der Waals surface area contributed by atoms with Crippen LogP contribution in [-0.2, 0) is 11.3 Å². The van der Waals surface area contributed by atoms with E-state index in [0.717, 1.165) is 11.3 Å². The van der Waals surface area contributed by atoms with Gasteiger partial charge in [0.05, 0.1) is 23.2 Å². The van der Waals surface area contributed by atoms with Crippen LogP contribution in [0.1, 0.15) is 5.69 Å². The van der Waals surface area contributed by atoms with Crippen LogP contribution in [0.25, 0.3) is 16.9 Å². The Kier molecular flexibility index (Phi) is 4.58. The predicted octanol–water partition coefficient (Wildman–Crippen LogP) is 3.70. The molecular weight excluding hydrogens is 371 g/mol. The molecule has 2 atom stereocenters. The molecule has 4 rings (SSSR count). The second kappa shape index (κ2) is 6.94. The SMILES string of the molecule is O=C(O)[C@@H]1CN(Cc2c(-c3ccccc3)nc3ccccn23)C[C@H]1C(F)(F)F. The molecule has 2 aromatic heterocycles. The van der Waals surface area contributed by atoms with Crippen LogP contribution in [0.5, 0.6) is 0 Å². The molecule has 0 amide bonds. The Morgan fingerprint density at radius 2 is 1.82 bits per heavy atom. The molecule has 0 radical (unpaired) electrons. The fourth-order valence-electron chi connectivity index (χ4n) is 3.83. The van der Waals surface area contributed by atoms with E-state index in [0.29, 0.717) is 11.3 Å². The van der Waals surface area contributed by atoms with Gasteiger partial charge in [-0.05, 0) is 12.1 Å². The van der Waals surface area contributed by atoms with Gasteiger partial charge in [-0.15, -0.1) is 0 Å². The summed E-state index contributed by atoms with van der Waals surface area (Å²) in [5, 5.41) is 9.25. The molecule has 1 N–H and O–H groups in total. The largest absolute Gasteiger partial charge is 0.481 e. The van der Waals surface area contributed by atoms with Crippen molar-refractivity contribution < 1.29 is 23.1 Å². The van der Waals surface area contributed by atoms with Gasteiger partial charge >= 0.3 is 12.1 Å². The van der Waals surface area contributed by atoms with Gasteiger partial charge in [0.15, 0.2) is 0 Å². The molecule has 146 valence electrons. The molecular formula is C20H18F3N3O2. The normalized spacial score (nSPS) is 20.7. The summed E-state index contributed by atoms with van der Waals surface area (Å²) in [6.07, 6.45) is -2.73. The van der Waals surface area contributed by atoms with Gasteiger partial charge in [-0.25, -0.2) is 4.98 Å². The van der Waals surface area contributed by atoms with Crippen LogP contribution in [0, 0.1) is 11.8 Å². The highest BCUT2D eigenvalue weighted by Crippen LogP contribution is 2.38. The third-order valence-corrected chi connectivity index (χ3v) is 5.18. The maximum absolute atomic E-state index is 13.3. The molecule has 3 aromatic rings. The van der Waals surface area contributed by atoms with Crippen molar-refractivity contribution in [1.29, 1.82) is 0 Å². The average Bonchev–Trinajstić information content (AvgIpc) is 3.25. The first-order chi connectivity index (χ1) is 13.3. The van der Waals surface area contributed by atoms with E-state index >= 15 is 0 Å². The topological polar surface area (TPSA) is 57.8 Å². The van der Waals surface area contributed by atoms with E-state index in [-0.39, 0.29) is 19.6 Å². The molecule has 0 bridgehead atoms. The van der Waals surface area contributed by atoms with Gasteiger partial charge in [-0.1, -0.05) is 36.4 Å². The Balaban J connectivity index is 1.71. The standard InChI is InChI=1S/C20H18F3N3O2/c21-20(22,23)15-11-25(10-14(15)19(27)28)12-16-18(13-6-2-1-3-7-13)24-17-8-4-5-9-26(16)17/h1-9,14-15H,10-12H2,(H,27,28)/t14-,15-/m1/s1. The van der Waals surface area contributed by atoms with Gasteiger partial charge in [0.2, 0.25) is 0 Å². The summed E-state index contributed by atoms with van der Waals surface area (Å²) >= 11 is 0. The number of nitrogens with zero attached hydrogens (tertiary/aromatic N) is 3. The molecule has 1 aliphatic rings. The van der Waals surface area contributed by atoms with Crippen LogP contribution in [0.15, 0.2) is 54.7 Å². The number of halogens is 3. The van der Waals surface area contributed by atoms with Crippen molar-refractivity contribution in [2.24, 2.45) is 11.8 Å². The molecule has 3 heterocycles. The number of aliphatic carboxylic acids is 1. The Morgan fingerprint density at radius 1 is 1.11 bits per heavy atom. The minimum atomic E-state index is -4.54. The number of imidazole rings is 1. The number of carboxylic acid groups (broad SMARTS) is 1. The van der Waals surface area contributed by atoms with Crippen molar-refractivity contribution in [2.45, 2.75) is 12.7 Å². The van der Waals surface area contributed by atoms with Gasteiger partial charge in [0, 0.05) is 31.4 Å². The molecule has 1 aliphatic heterocycles. The summed E-state index contributed by atoms with van der Waals surface area (Å²) < 4.78 is 41.8. The Hall–Kier alpha value is -2.87. The van der Waals surface area contributed by atoms with Crippen LogP contribution in [-0.4, -0.2) is 44.6 Å². The Morgan fingerprint density at radius 3 is 2.46 bits per heavy atom. The fraction of sp³-hybridized carbons (Fsp3) is 0.300. The summed E-state index contributed by atoms with van der Waals surface area (Å²) in [7, 11) is 0. The van der Waals surface area contributed by atoms with Crippen LogP contribution in [0.2, 0.25) is 0 Å². The summed E-state index contributed by atoms with van der Waals surface area (Å²) in [5.41, 5.74) is 2.99. The summed E-state index contributed by atoms with van der Waals surface area (Å²) in [5.74, 6) is -4.74. The molecule has 0 saturated carbocycles. The van der Waals surface area contributed by atoms with E-state index in [2.05, 4.69) is 4.98 Å². The lowest BCUT2D eigenvalue weighted by Gasteiger charge is -2.18. The van der Waals surface area contributed by atoms with Crippen molar-refractivity contribution >= 4 is 11.6 Å². The lowest BCUT2D eigenvalue weighted by Crippen LogP contribution is -2.33. The minimum Gasteiger partial charge on any atom is -0.481 e. The van der Waals surface area contributed by atoms with Crippen molar-refractivity contribution in [3.05, 3.63) is 60.4 Å². The summed E-state index contributed by atoms with van der Waals surface area (Å²) in [6, 6.07) is 14.9. The van der Waals surface area contributed by atoms with Crippen molar-refractivity contribution in [1.82, 2.24) is 14.3 Å². The summed E-state index contributed by atoms with van der Waals surface area (Å²) in [6.45, 7) is -0.297. The van der Waals surface area contributed by atoms with Crippen LogP contribution in [0.3, 0.4) is 0 Å². The van der Waals surface area contributed by atoms with E-state index in [1.807, 2.05) is 59.1 Å². The number of likely N-dealkylation sites (tertiary alicyclic amines) is 1. The molecule has 8 heteroatoms. The number of hydrogen-bond acceptors (Lipinski definition) is 3. The van der Waals surface area contributed by atoms with Crippen LogP contribution >= 0.6 is 0 Å². The highest BCUT2D eigenvalue weighted by atomic mass is 19.4. The molecule has 1 fully saturated rings. The zero-order valence-electron chi connectivity index (χ0n) is 14.8. The maximum atomic E-state index is 13.3. The first-order valence-electron chi connectivity index (χ1n) is 8.88. The second-order valence-corrected chi connectivity index (χ2v) is 6.99. The third kappa shape index (κ3) is 3.35. The lowest BCUT2D eigenvalue weighted by atomic mass is 9.96. The summed E-state index contributed by atoms with van der Waals surface area (Å²) in [4.78, 5) is 17.6. The zero-order chi connectivity index (χ0) is 19.9. The minimum absolute atomic E-state index is 0.145. The zero-order valence-corrected chi connectivity index (χ0v) is 14.8. The molecule has 1 saturated heterocycles. The Bertz CT molecular complexity index is 1000. The second-order valence-electron chi connectivity index (χ2n) is 6.99. The van der Waals surface area contributed by atoms with Crippen molar-refractivity contribution in [3.8, 4) is 11.3 Å². The maximum Gasteiger partial charge on any atom is 0.393 e. The van der Waals surface area contributed by atoms with Gasteiger partial charge in [0.1, 0.15) is 5.65 Å². The van der Waals surface area contributed by atoms with Gasteiger partial charge in [-0.2, -0.15) is 13.2 Å². The molecule has 28 heavy (non-hydrogen) atoms. The molecule has 1 aromatic carbocycles. The number of rotatable bonds is 4. The van der Waals surface area contributed by atoms with E-state index in [1.165, 1.54) is 0 Å². The number of benzene rings is 1. The lowest BCUT2D eigenvalue weighted by molar-refractivity contribution is -0.188. The highest BCUT2D eigenvalue weighted by molar-refractivity contribution is 5.71. The van der Waals surface area contributed by atoms with E-state index in [1.54, 1.807) is 4.90 Å². The number of carboxylic acids is 1. The third-order valence-electron chi connectivity index (χ3n) is 5.18. The molecule has 0 spiro atoms. The predicted molar refractivity (Wildman–Crippen MR) is 96.6 cm³/mol. The highest BCUT2D eigenvalue weighted by Gasteiger charge is 2.52. The molecule has 0 unspecified atom stereocenters. The molecule has 5 nitrogen and oxygen atoms in total. The number of aromatic nitrogens is 2. The number of pyridine rings is 1. The van der Waals surface area contributed by atoms with Gasteiger partial charge < -0.3 is 9.51 Å². The number of alkyl halides is 3. The average molecular weight is 389 g/mol. The quantitative estimate of drug-likeness (QED) is 0.739. The van der Waals surface area contributed by atoms with Crippen LogP contribution in [0.4, 0.5) is 13.2 Å². The first-order valence-corrected chi connectivity index (χ1v) is 8.88. The van der Waals surface area contributed by atoms with Crippen LogP contribution < -0.4 is 0 Å². The van der Waals surface area contributed by atoms with Gasteiger partial charge in [-0.3, -0.25) is 9.69 Å². The number of carbonyl (C=O) groups is 1.